The van der Waals surface area contributed by atoms with Crippen molar-refractivity contribution in [2.24, 2.45) is 0 Å². The Labute approximate surface area is 214 Å². The number of esters is 1. The minimum Gasteiger partial charge on any atom is -0.507 e. The second kappa shape index (κ2) is 9.58. The normalized spacial score (nSPS) is 18.4. The summed E-state index contributed by atoms with van der Waals surface area (Å²) in [5, 5.41) is 11.4. The number of Topliss-reactive ketones (excluding diaryl/α,β-unsaturated/α-hetero) is 1. The number of carbonyl (C=O) groups excluding carboxylic acids is 3. The third kappa shape index (κ3) is 4.48. The van der Waals surface area contributed by atoms with Crippen LogP contribution >= 0.6 is 0 Å². The highest BCUT2D eigenvalue weighted by Gasteiger charge is 2.47. The van der Waals surface area contributed by atoms with Crippen LogP contribution in [0.4, 0.5) is 5.69 Å². The highest BCUT2D eigenvalue weighted by atomic mass is 16.5. The van der Waals surface area contributed by atoms with Crippen molar-refractivity contribution < 1.29 is 29.0 Å². The van der Waals surface area contributed by atoms with Crippen LogP contribution in [0, 0.1) is 13.8 Å². The Hall–Kier alpha value is -4.39. The summed E-state index contributed by atoms with van der Waals surface area (Å²) < 4.78 is 10.8. The van der Waals surface area contributed by atoms with E-state index >= 15 is 0 Å². The average Bonchev–Trinajstić information content (AvgIpc) is 3.15. The minimum absolute atomic E-state index is 0.000132. The van der Waals surface area contributed by atoms with Gasteiger partial charge in [0.25, 0.3) is 11.7 Å². The Morgan fingerprint density at radius 1 is 1.00 bits per heavy atom. The van der Waals surface area contributed by atoms with Gasteiger partial charge in [-0.25, -0.2) is 0 Å². The molecule has 1 amide bonds. The topological polar surface area (TPSA) is 93.1 Å². The van der Waals surface area contributed by atoms with Crippen molar-refractivity contribution in [3.63, 3.8) is 0 Å². The number of ether oxygens (including phenoxy) is 2. The molecule has 7 nitrogen and oxygen atoms in total. The van der Waals surface area contributed by atoms with Crippen LogP contribution in [0.3, 0.4) is 0 Å². The number of aliphatic hydroxyl groups is 1. The summed E-state index contributed by atoms with van der Waals surface area (Å²) in [5.74, 6) is -1.08. The van der Waals surface area contributed by atoms with E-state index in [1.165, 1.54) is 11.8 Å². The van der Waals surface area contributed by atoms with E-state index in [1.54, 1.807) is 42.5 Å². The Kier molecular flexibility index (Phi) is 6.29. The van der Waals surface area contributed by atoms with Gasteiger partial charge in [0, 0.05) is 18.2 Å². The summed E-state index contributed by atoms with van der Waals surface area (Å²) in [6, 6.07) is 16.6. The van der Waals surface area contributed by atoms with E-state index in [2.05, 4.69) is 0 Å². The van der Waals surface area contributed by atoms with E-state index in [4.69, 9.17) is 9.47 Å². The summed E-state index contributed by atoms with van der Waals surface area (Å²) >= 11 is 0. The summed E-state index contributed by atoms with van der Waals surface area (Å²) in [7, 11) is 0. The van der Waals surface area contributed by atoms with Gasteiger partial charge in [-0.3, -0.25) is 19.3 Å². The number of rotatable bonds is 4. The monoisotopic (exact) mass is 497 g/mol. The Bertz CT molecular complexity index is 1450. The highest BCUT2D eigenvalue weighted by Crippen LogP contribution is 2.43. The van der Waals surface area contributed by atoms with Gasteiger partial charge in [-0.15, -0.1) is 0 Å². The number of aryl methyl sites for hydroxylation is 3. The van der Waals surface area contributed by atoms with Gasteiger partial charge in [-0.2, -0.15) is 0 Å². The number of amides is 1. The molecule has 0 bridgehead atoms. The molecule has 1 fully saturated rings. The van der Waals surface area contributed by atoms with Gasteiger partial charge in [0.1, 0.15) is 17.3 Å². The molecule has 0 spiro atoms. The molecule has 37 heavy (non-hydrogen) atoms. The molecule has 0 aliphatic carbocycles. The predicted molar refractivity (Wildman–Crippen MR) is 139 cm³/mol. The summed E-state index contributed by atoms with van der Waals surface area (Å²) in [6.45, 7) is 5.86. The molecule has 1 N–H and O–H groups in total. The van der Waals surface area contributed by atoms with Crippen LogP contribution in [-0.2, 0) is 20.8 Å². The first-order valence-corrected chi connectivity index (χ1v) is 12.2. The average molecular weight is 498 g/mol. The fourth-order valence-corrected chi connectivity index (χ4v) is 4.84. The Morgan fingerprint density at radius 3 is 2.46 bits per heavy atom. The van der Waals surface area contributed by atoms with Crippen LogP contribution in [0.25, 0.3) is 5.76 Å². The summed E-state index contributed by atoms with van der Waals surface area (Å²) in [4.78, 5) is 39.6. The van der Waals surface area contributed by atoms with Gasteiger partial charge in [0.05, 0.1) is 18.2 Å². The molecule has 2 aliphatic heterocycles. The maximum absolute atomic E-state index is 13.4. The minimum atomic E-state index is -0.874. The van der Waals surface area contributed by atoms with Gasteiger partial charge in [0.2, 0.25) is 0 Å². The first kappa shape index (κ1) is 24.3. The molecule has 3 aromatic rings. The van der Waals surface area contributed by atoms with Crippen LogP contribution in [0.1, 0.15) is 47.2 Å². The van der Waals surface area contributed by atoms with Crippen molar-refractivity contribution in [1.29, 1.82) is 0 Å². The molecule has 1 atom stereocenters. The van der Waals surface area contributed by atoms with Crippen LogP contribution in [0.2, 0.25) is 0 Å². The maximum atomic E-state index is 13.4. The SMILES string of the molecule is CC(=O)Oc1ccc(C2/C(=C(/O)c3ccc4c(c3)CCCO4)C(=O)C(=O)N2c2ccc(C)c(C)c2)cc1. The quantitative estimate of drug-likeness (QED) is 0.176. The zero-order chi connectivity index (χ0) is 26.3. The van der Waals surface area contributed by atoms with E-state index in [0.717, 1.165) is 35.3 Å². The van der Waals surface area contributed by atoms with Gasteiger partial charge in [0.15, 0.2) is 0 Å². The highest BCUT2D eigenvalue weighted by molar-refractivity contribution is 6.51. The van der Waals surface area contributed by atoms with E-state index in [0.29, 0.717) is 29.2 Å². The molecule has 5 rings (SSSR count). The number of fused-ring (bicyclic) bond motifs is 1. The first-order valence-electron chi connectivity index (χ1n) is 12.2. The Morgan fingerprint density at radius 2 is 1.76 bits per heavy atom. The lowest BCUT2D eigenvalue weighted by atomic mass is 9.93. The van der Waals surface area contributed by atoms with E-state index in [9.17, 15) is 19.5 Å². The molecule has 2 heterocycles. The third-order valence-corrected chi connectivity index (χ3v) is 6.85. The number of nitrogens with zero attached hydrogens (tertiary/aromatic N) is 1. The van der Waals surface area contributed by atoms with Crippen molar-refractivity contribution in [1.82, 2.24) is 0 Å². The Balaban J connectivity index is 1.67. The second-order valence-corrected chi connectivity index (χ2v) is 9.37. The second-order valence-electron chi connectivity index (χ2n) is 9.37. The number of hydrogen-bond donors (Lipinski definition) is 1. The zero-order valence-electron chi connectivity index (χ0n) is 20.9. The molecule has 7 heteroatoms. The molecule has 0 aromatic heterocycles. The largest absolute Gasteiger partial charge is 0.507 e. The van der Waals surface area contributed by atoms with Gasteiger partial charge in [-0.05, 0) is 91.4 Å². The number of ketones is 1. The lowest BCUT2D eigenvalue weighted by molar-refractivity contribution is -0.132. The van der Waals surface area contributed by atoms with Gasteiger partial charge >= 0.3 is 5.97 Å². The maximum Gasteiger partial charge on any atom is 0.308 e. The fraction of sp³-hybridized carbons (Fsp3) is 0.233. The number of aliphatic hydroxyl groups excluding tert-OH is 1. The molecule has 188 valence electrons. The summed E-state index contributed by atoms with van der Waals surface area (Å²) in [6.07, 6.45) is 1.66. The van der Waals surface area contributed by atoms with E-state index < -0.39 is 23.7 Å². The summed E-state index contributed by atoms with van der Waals surface area (Å²) in [5.41, 5.74) is 4.57. The molecule has 3 aromatic carbocycles. The molecule has 2 aliphatic rings. The number of benzene rings is 3. The van der Waals surface area contributed by atoms with Crippen LogP contribution < -0.4 is 14.4 Å². The predicted octanol–water partition coefficient (Wildman–Crippen LogP) is 5.18. The van der Waals surface area contributed by atoms with Gasteiger partial charge in [-0.1, -0.05) is 18.2 Å². The molecular formula is C30H27NO6. The van der Waals surface area contributed by atoms with Crippen molar-refractivity contribution >= 4 is 29.1 Å². The molecule has 0 radical (unpaired) electrons. The van der Waals surface area contributed by atoms with Crippen LogP contribution in [0.5, 0.6) is 11.5 Å². The van der Waals surface area contributed by atoms with Crippen molar-refractivity contribution in [2.75, 3.05) is 11.5 Å². The van der Waals surface area contributed by atoms with Crippen LogP contribution in [0.15, 0.2) is 66.2 Å². The lowest BCUT2D eigenvalue weighted by Gasteiger charge is -2.26. The van der Waals surface area contributed by atoms with Crippen molar-refractivity contribution in [3.8, 4) is 11.5 Å². The first-order chi connectivity index (χ1) is 17.7. The van der Waals surface area contributed by atoms with Crippen molar-refractivity contribution in [3.05, 3.63) is 94.1 Å². The molecule has 1 saturated heterocycles. The number of anilines is 1. The molecule has 0 saturated carbocycles. The lowest BCUT2D eigenvalue weighted by Crippen LogP contribution is -2.29. The molecular weight excluding hydrogens is 470 g/mol. The standard InChI is InChI=1S/C30H27NO6/c1-17-6-10-23(15-18(17)2)31-27(20-7-11-24(12-8-20)37-19(3)32)26(29(34)30(31)35)28(33)22-9-13-25-21(16-22)5-4-14-36-25/h6-13,15-16,27,33H,4-5,14H2,1-3H3/b28-26-. The van der Waals surface area contributed by atoms with Gasteiger partial charge < -0.3 is 14.6 Å². The van der Waals surface area contributed by atoms with E-state index in [-0.39, 0.29) is 11.3 Å². The third-order valence-electron chi connectivity index (χ3n) is 6.85. The fourth-order valence-electron chi connectivity index (χ4n) is 4.84. The van der Waals surface area contributed by atoms with Crippen molar-refractivity contribution in [2.45, 2.75) is 39.7 Å². The number of hydrogen-bond acceptors (Lipinski definition) is 6. The van der Waals surface area contributed by atoms with E-state index in [1.807, 2.05) is 32.0 Å². The zero-order valence-corrected chi connectivity index (χ0v) is 20.9. The smallest absolute Gasteiger partial charge is 0.308 e. The number of carbonyl (C=O) groups is 3. The van der Waals surface area contributed by atoms with Crippen LogP contribution in [-0.4, -0.2) is 29.4 Å². The molecule has 1 unspecified atom stereocenters.